The van der Waals surface area contributed by atoms with Crippen LogP contribution in [-0.4, -0.2) is 28.0 Å². The number of nitrogens with zero attached hydrogens (tertiary/aromatic N) is 3. The van der Waals surface area contributed by atoms with Crippen LogP contribution in [0, 0.1) is 0 Å². The standard InChI is InChI=1S/C16H21N3O3/c1-12(20)7-5-3-4-6-8-14-18-16(19-22-14)13-9-10-17-15(11-13)21-2/h9-11H,3-8H2,1-2H3. The first-order valence-corrected chi connectivity index (χ1v) is 7.51. The highest BCUT2D eigenvalue weighted by Crippen LogP contribution is 2.19. The van der Waals surface area contributed by atoms with Gasteiger partial charge in [0.2, 0.25) is 17.6 Å². The maximum absolute atomic E-state index is 10.8. The molecule has 2 aromatic rings. The number of carbonyl (C=O) groups is 1. The van der Waals surface area contributed by atoms with Crippen LogP contribution in [-0.2, 0) is 11.2 Å². The first-order chi connectivity index (χ1) is 10.7. The number of unbranched alkanes of at least 4 members (excludes halogenated alkanes) is 3. The molecule has 0 aliphatic rings. The molecular weight excluding hydrogens is 282 g/mol. The number of hydrogen-bond donors (Lipinski definition) is 0. The predicted octanol–water partition coefficient (Wildman–Crippen LogP) is 3.22. The second kappa shape index (κ2) is 8.26. The lowest BCUT2D eigenvalue weighted by atomic mass is 10.1. The fourth-order valence-electron chi connectivity index (χ4n) is 2.14. The minimum Gasteiger partial charge on any atom is -0.481 e. The van der Waals surface area contributed by atoms with E-state index in [-0.39, 0.29) is 5.78 Å². The van der Waals surface area contributed by atoms with Gasteiger partial charge in [-0.25, -0.2) is 4.98 Å². The van der Waals surface area contributed by atoms with E-state index in [1.807, 2.05) is 6.07 Å². The van der Waals surface area contributed by atoms with Crippen LogP contribution in [0.2, 0.25) is 0 Å². The van der Waals surface area contributed by atoms with Gasteiger partial charge in [-0.2, -0.15) is 4.98 Å². The summed E-state index contributed by atoms with van der Waals surface area (Å²) in [5.74, 6) is 1.97. The largest absolute Gasteiger partial charge is 0.481 e. The number of rotatable bonds is 9. The third-order valence-corrected chi connectivity index (χ3v) is 3.34. The summed E-state index contributed by atoms with van der Waals surface area (Å²) in [6.45, 7) is 1.63. The van der Waals surface area contributed by atoms with Crippen molar-refractivity contribution in [3.8, 4) is 17.3 Å². The van der Waals surface area contributed by atoms with E-state index in [0.29, 0.717) is 24.0 Å². The fraction of sp³-hybridized carbons (Fsp3) is 0.500. The number of carbonyl (C=O) groups excluding carboxylic acids is 1. The van der Waals surface area contributed by atoms with Crippen molar-refractivity contribution >= 4 is 5.78 Å². The lowest BCUT2D eigenvalue weighted by Crippen LogP contribution is -1.91. The zero-order valence-corrected chi connectivity index (χ0v) is 13.0. The highest BCUT2D eigenvalue weighted by atomic mass is 16.5. The number of ether oxygens (including phenoxy) is 1. The van der Waals surface area contributed by atoms with Crippen LogP contribution in [0.5, 0.6) is 5.88 Å². The SMILES string of the molecule is COc1cc(-c2noc(CCCCCCC(C)=O)n2)ccn1. The number of ketones is 1. The van der Waals surface area contributed by atoms with Crippen molar-refractivity contribution in [1.82, 2.24) is 15.1 Å². The van der Waals surface area contributed by atoms with Crippen molar-refractivity contribution in [2.24, 2.45) is 0 Å². The lowest BCUT2D eigenvalue weighted by Gasteiger charge is -1.98. The Morgan fingerprint density at radius 2 is 2.09 bits per heavy atom. The molecule has 118 valence electrons. The van der Waals surface area contributed by atoms with Crippen molar-refractivity contribution in [2.75, 3.05) is 7.11 Å². The molecule has 0 amide bonds. The van der Waals surface area contributed by atoms with Crippen molar-refractivity contribution in [1.29, 1.82) is 0 Å². The normalized spacial score (nSPS) is 10.6. The molecule has 0 aromatic carbocycles. The average Bonchev–Trinajstić information content (AvgIpc) is 2.99. The number of hydrogen-bond acceptors (Lipinski definition) is 6. The maximum atomic E-state index is 10.8. The zero-order valence-electron chi connectivity index (χ0n) is 13.0. The van der Waals surface area contributed by atoms with E-state index in [1.165, 1.54) is 0 Å². The van der Waals surface area contributed by atoms with Crippen LogP contribution in [0.25, 0.3) is 11.4 Å². The first-order valence-electron chi connectivity index (χ1n) is 7.51. The summed E-state index contributed by atoms with van der Waals surface area (Å²) in [7, 11) is 1.57. The molecule has 2 heterocycles. The molecule has 22 heavy (non-hydrogen) atoms. The smallest absolute Gasteiger partial charge is 0.226 e. The minimum atomic E-state index is 0.259. The van der Waals surface area contributed by atoms with E-state index in [9.17, 15) is 4.79 Å². The van der Waals surface area contributed by atoms with Gasteiger partial charge in [0.1, 0.15) is 5.78 Å². The molecule has 0 radical (unpaired) electrons. The van der Waals surface area contributed by atoms with Crippen molar-refractivity contribution in [3.63, 3.8) is 0 Å². The summed E-state index contributed by atoms with van der Waals surface area (Å²) < 4.78 is 10.3. The number of Topliss-reactive ketones (excluding diaryl/α,β-unsaturated/α-hetero) is 1. The van der Waals surface area contributed by atoms with E-state index < -0.39 is 0 Å². The molecule has 0 saturated carbocycles. The predicted molar refractivity (Wildman–Crippen MR) is 81.6 cm³/mol. The Kier molecular flexibility index (Phi) is 6.06. The van der Waals surface area contributed by atoms with Gasteiger partial charge in [-0.05, 0) is 25.8 Å². The second-order valence-corrected chi connectivity index (χ2v) is 5.21. The van der Waals surface area contributed by atoms with Crippen LogP contribution in [0.1, 0.15) is 44.9 Å². The molecular formula is C16H21N3O3. The summed E-state index contributed by atoms with van der Waals surface area (Å²) in [5.41, 5.74) is 0.823. The van der Waals surface area contributed by atoms with Gasteiger partial charge in [0.25, 0.3) is 0 Å². The summed E-state index contributed by atoms with van der Waals surface area (Å²) in [6, 6.07) is 3.59. The molecule has 2 aromatic heterocycles. The third kappa shape index (κ3) is 4.95. The van der Waals surface area contributed by atoms with Crippen LogP contribution >= 0.6 is 0 Å². The summed E-state index contributed by atoms with van der Waals surface area (Å²) in [6.07, 6.45) is 7.15. The number of aryl methyl sites for hydroxylation is 1. The van der Waals surface area contributed by atoms with E-state index in [0.717, 1.165) is 37.7 Å². The maximum Gasteiger partial charge on any atom is 0.226 e. The van der Waals surface area contributed by atoms with Gasteiger partial charge >= 0.3 is 0 Å². The molecule has 0 atom stereocenters. The van der Waals surface area contributed by atoms with Gasteiger partial charge in [-0.3, -0.25) is 0 Å². The van der Waals surface area contributed by atoms with E-state index in [1.54, 1.807) is 26.3 Å². The summed E-state index contributed by atoms with van der Waals surface area (Å²) in [5, 5.41) is 3.99. The highest BCUT2D eigenvalue weighted by Gasteiger charge is 2.09. The van der Waals surface area contributed by atoms with Gasteiger partial charge in [0.05, 0.1) is 7.11 Å². The molecule has 0 saturated heterocycles. The van der Waals surface area contributed by atoms with E-state index in [2.05, 4.69) is 15.1 Å². The molecule has 0 fully saturated rings. The molecule has 0 N–H and O–H groups in total. The average molecular weight is 303 g/mol. The first kappa shape index (κ1) is 16.1. The topological polar surface area (TPSA) is 78.1 Å². The van der Waals surface area contributed by atoms with Crippen LogP contribution in [0.4, 0.5) is 0 Å². The fourth-order valence-corrected chi connectivity index (χ4v) is 2.14. The molecule has 0 bridgehead atoms. The van der Waals surface area contributed by atoms with Crippen molar-refractivity contribution < 1.29 is 14.1 Å². The molecule has 0 unspecified atom stereocenters. The number of aromatic nitrogens is 3. The van der Waals surface area contributed by atoms with Gasteiger partial charge in [-0.1, -0.05) is 18.0 Å². The van der Waals surface area contributed by atoms with Gasteiger partial charge in [-0.15, -0.1) is 0 Å². The molecule has 2 rings (SSSR count). The Morgan fingerprint density at radius 1 is 1.27 bits per heavy atom. The van der Waals surface area contributed by atoms with Crippen LogP contribution < -0.4 is 4.74 Å². The lowest BCUT2D eigenvalue weighted by molar-refractivity contribution is -0.117. The quantitative estimate of drug-likeness (QED) is 0.662. The molecule has 0 aliphatic heterocycles. The van der Waals surface area contributed by atoms with Gasteiger partial charge in [0.15, 0.2) is 0 Å². The Balaban J connectivity index is 1.80. The highest BCUT2D eigenvalue weighted by molar-refractivity contribution is 5.75. The Bertz CT molecular complexity index is 610. The summed E-state index contributed by atoms with van der Waals surface area (Å²) in [4.78, 5) is 19.3. The van der Waals surface area contributed by atoms with Gasteiger partial charge < -0.3 is 14.1 Å². The molecule has 0 aliphatic carbocycles. The third-order valence-electron chi connectivity index (χ3n) is 3.34. The molecule has 0 spiro atoms. The Labute approximate surface area is 129 Å². The monoisotopic (exact) mass is 303 g/mol. The van der Waals surface area contributed by atoms with E-state index in [4.69, 9.17) is 9.26 Å². The van der Waals surface area contributed by atoms with E-state index >= 15 is 0 Å². The Morgan fingerprint density at radius 3 is 2.86 bits per heavy atom. The van der Waals surface area contributed by atoms with Crippen LogP contribution in [0.15, 0.2) is 22.9 Å². The van der Waals surface area contributed by atoms with Crippen molar-refractivity contribution in [3.05, 3.63) is 24.2 Å². The van der Waals surface area contributed by atoms with Crippen molar-refractivity contribution in [2.45, 2.75) is 45.4 Å². The Hall–Kier alpha value is -2.24. The minimum absolute atomic E-state index is 0.259. The molecule has 6 nitrogen and oxygen atoms in total. The number of methoxy groups -OCH3 is 1. The summed E-state index contributed by atoms with van der Waals surface area (Å²) >= 11 is 0. The molecule has 6 heteroatoms. The zero-order chi connectivity index (χ0) is 15.8. The second-order valence-electron chi connectivity index (χ2n) is 5.21. The van der Waals surface area contributed by atoms with Crippen LogP contribution in [0.3, 0.4) is 0 Å². The van der Waals surface area contributed by atoms with Gasteiger partial charge in [0, 0.05) is 30.7 Å². The number of pyridine rings is 1.